The fourth-order valence-corrected chi connectivity index (χ4v) is 5.67. The van der Waals surface area contributed by atoms with Crippen molar-refractivity contribution in [2.45, 2.75) is 64.2 Å². The molecule has 4 rings (SSSR count). The minimum atomic E-state index is -0.0128. The maximum absolute atomic E-state index is 15.0. The highest BCUT2D eigenvalue weighted by Gasteiger charge is 2.36. The average Bonchev–Trinajstić information content (AvgIpc) is 2.72. The van der Waals surface area contributed by atoms with Gasteiger partial charge >= 0.3 is 0 Å². The number of rotatable bonds is 5. The molecule has 0 aromatic heterocycles. The second kappa shape index (κ2) is 8.64. The van der Waals surface area contributed by atoms with E-state index in [9.17, 15) is 0 Å². The van der Waals surface area contributed by atoms with Crippen LogP contribution in [0.25, 0.3) is 11.1 Å². The largest absolute Gasteiger partial charge is 0.207 e. The molecule has 2 saturated carbocycles. The summed E-state index contributed by atoms with van der Waals surface area (Å²) in [5.41, 5.74) is 4.26. The SMILES string of the molecule is C=CCCC1CCC2CC(c3ccc(-c4ccc(C)cc4)cc3F)CCC2C1. The van der Waals surface area contributed by atoms with Gasteiger partial charge < -0.3 is 0 Å². The Kier molecular flexibility index (Phi) is 5.99. The Hall–Kier alpha value is -1.89. The van der Waals surface area contributed by atoms with Crippen molar-refractivity contribution in [3.8, 4) is 11.1 Å². The lowest BCUT2D eigenvalue weighted by Gasteiger charge is -2.42. The van der Waals surface area contributed by atoms with Crippen molar-refractivity contribution in [1.29, 1.82) is 0 Å². The molecule has 2 aliphatic rings. The standard InChI is InChI=1S/C27H33F/c1-3-4-5-20-8-11-23-17-25(13-12-22(23)16-20)26-15-14-24(18-27(26)28)21-9-6-19(2)7-10-21/h3,6-7,9-10,14-15,18,20,22-23,25H,1,4-5,8,11-13,16-17H2,2H3. The van der Waals surface area contributed by atoms with E-state index in [1.54, 1.807) is 6.07 Å². The van der Waals surface area contributed by atoms with E-state index in [0.29, 0.717) is 5.92 Å². The topological polar surface area (TPSA) is 0 Å². The third-order valence-electron chi connectivity index (χ3n) is 7.33. The van der Waals surface area contributed by atoms with Gasteiger partial charge in [-0.15, -0.1) is 6.58 Å². The summed E-state index contributed by atoms with van der Waals surface area (Å²) in [6.45, 7) is 5.95. The first-order chi connectivity index (χ1) is 13.6. The number of aryl methyl sites for hydroxylation is 1. The maximum Gasteiger partial charge on any atom is 0.127 e. The highest BCUT2D eigenvalue weighted by Crippen LogP contribution is 2.48. The van der Waals surface area contributed by atoms with Gasteiger partial charge in [-0.2, -0.15) is 0 Å². The number of hydrogen-bond acceptors (Lipinski definition) is 0. The number of hydrogen-bond donors (Lipinski definition) is 0. The van der Waals surface area contributed by atoms with Crippen molar-refractivity contribution in [1.82, 2.24) is 0 Å². The zero-order valence-corrected chi connectivity index (χ0v) is 17.2. The summed E-state index contributed by atoms with van der Waals surface area (Å²) in [5, 5.41) is 0. The van der Waals surface area contributed by atoms with Crippen LogP contribution in [0, 0.1) is 30.5 Å². The number of benzene rings is 2. The van der Waals surface area contributed by atoms with Gasteiger partial charge in [0.05, 0.1) is 0 Å². The zero-order chi connectivity index (χ0) is 19.5. The first-order valence-electron chi connectivity index (χ1n) is 11.1. The van der Waals surface area contributed by atoms with E-state index in [2.05, 4.69) is 56.0 Å². The minimum Gasteiger partial charge on any atom is -0.207 e. The molecule has 2 aromatic rings. The summed E-state index contributed by atoms with van der Waals surface area (Å²) in [4.78, 5) is 0. The molecule has 0 heterocycles. The van der Waals surface area contributed by atoms with Gasteiger partial charge in [-0.1, -0.05) is 54.5 Å². The fourth-order valence-electron chi connectivity index (χ4n) is 5.67. The molecule has 0 N–H and O–H groups in total. The molecule has 28 heavy (non-hydrogen) atoms. The van der Waals surface area contributed by atoms with Gasteiger partial charge in [0, 0.05) is 0 Å². The third-order valence-corrected chi connectivity index (χ3v) is 7.33. The number of allylic oxidation sites excluding steroid dienone is 1. The van der Waals surface area contributed by atoms with Crippen molar-refractivity contribution in [2.24, 2.45) is 17.8 Å². The molecule has 0 nitrogen and oxygen atoms in total. The summed E-state index contributed by atoms with van der Waals surface area (Å²) < 4.78 is 15.0. The molecule has 0 saturated heterocycles. The lowest BCUT2D eigenvalue weighted by Crippen LogP contribution is -2.30. The normalized spacial score (nSPS) is 27.2. The molecule has 2 aromatic carbocycles. The van der Waals surface area contributed by atoms with Gasteiger partial charge in [0.15, 0.2) is 0 Å². The van der Waals surface area contributed by atoms with E-state index in [1.807, 2.05) is 0 Å². The lowest BCUT2D eigenvalue weighted by molar-refractivity contribution is 0.114. The predicted octanol–water partition coefficient (Wildman–Crippen LogP) is 8.07. The molecule has 0 amide bonds. The Morgan fingerprint density at radius 2 is 1.64 bits per heavy atom. The molecule has 4 unspecified atom stereocenters. The van der Waals surface area contributed by atoms with Crippen LogP contribution in [0.5, 0.6) is 0 Å². The molecule has 148 valence electrons. The van der Waals surface area contributed by atoms with Crippen LogP contribution in [-0.4, -0.2) is 0 Å². The molecule has 2 fully saturated rings. The van der Waals surface area contributed by atoms with Gasteiger partial charge in [0.25, 0.3) is 0 Å². The van der Waals surface area contributed by atoms with Crippen LogP contribution >= 0.6 is 0 Å². The second-order valence-electron chi connectivity index (χ2n) is 9.18. The highest BCUT2D eigenvalue weighted by atomic mass is 19.1. The maximum atomic E-state index is 15.0. The second-order valence-corrected chi connectivity index (χ2v) is 9.18. The Labute approximate surface area is 169 Å². The Balaban J connectivity index is 1.43. The van der Waals surface area contributed by atoms with Crippen LogP contribution in [0.2, 0.25) is 0 Å². The van der Waals surface area contributed by atoms with E-state index < -0.39 is 0 Å². The molecule has 2 aliphatic carbocycles. The Morgan fingerprint density at radius 1 is 0.929 bits per heavy atom. The summed E-state index contributed by atoms with van der Waals surface area (Å²) in [7, 11) is 0. The van der Waals surface area contributed by atoms with Crippen molar-refractivity contribution in [3.63, 3.8) is 0 Å². The zero-order valence-electron chi connectivity index (χ0n) is 17.2. The van der Waals surface area contributed by atoms with Gasteiger partial charge in [0.1, 0.15) is 5.82 Å². The van der Waals surface area contributed by atoms with E-state index in [4.69, 9.17) is 0 Å². The quantitative estimate of drug-likeness (QED) is 0.463. The third kappa shape index (κ3) is 4.24. The van der Waals surface area contributed by atoms with E-state index in [0.717, 1.165) is 47.3 Å². The molecule has 0 aliphatic heterocycles. The van der Waals surface area contributed by atoms with Crippen LogP contribution in [0.15, 0.2) is 55.1 Å². The van der Waals surface area contributed by atoms with Gasteiger partial charge in [-0.3, -0.25) is 0 Å². The Morgan fingerprint density at radius 3 is 2.39 bits per heavy atom. The fraction of sp³-hybridized carbons (Fsp3) is 0.481. The van der Waals surface area contributed by atoms with Gasteiger partial charge in [0.2, 0.25) is 0 Å². The first kappa shape index (κ1) is 19.4. The summed E-state index contributed by atoms with van der Waals surface area (Å²) in [6, 6.07) is 14.3. The average molecular weight is 377 g/mol. The molecule has 1 heteroatoms. The first-order valence-corrected chi connectivity index (χ1v) is 11.1. The van der Waals surface area contributed by atoms with Crippen molar-refractivity contribution >= 4 is 0 Å². The molecule has 4 atom stereocenters. The van der Waals surface area contributed by atoms with E-state index in [-0.39, 0.29) is 5.82 Å². The summed E-state index contributed by atoms with van der Waals surface area (Å²) in [5.74, 6) is 2.95. The monoisotopic (exact) mass is 376 g/mol. The highest BCUT2D eigenvalue weighted by molar-refractivity contribution is 5.64. The van der Waals surface area contributed by atoms with Crippen LogP contribution in [0.3, 0.4) is 0 Å². The predicted molar refractivity (Wildman–Crippen MR) is 117 cm³/mol. The van der Waals surface area contributed by atoms with Crippen LogP contribution in [-0.2, 0) is 0 Å². The number of halogens is 1. The molecular formula is C27H33F. The summed E-state index contributed by atoms with van der Waals surface area (Å²) in [6.07, 6.45) is 12.2. The van der Waals surface area contributed by atoms with Crippen LogP contribution in [0.1, 0.15) is 68.4 Å². The smallest absolute Gasteiger partial charge is 0.127 e. The molecule has 0 radical (unpaired) electrons. The van der Waals surface area contributed by atoms with E-state index >= 15 is 4.39 Å². The summed E-state index contributed by atoms with van der Waals surface area (Å²) >= 11 is 0. The van der Waals surface area contributed by atoms with Crippen molar-refractivity contribution < 1.29 is 4.39 Å². The Bertz CT molecular complexity index is 804. The van der Waals surface area contributed by atoms with Crippen LogP contribution < -0.4 is 0 Å². The van der Waals surface area contributed by atoms with Crippen molar-refractivity contribution in [2.75, 3.05) is 0 Å². The lowest BCUT2D eigenvalue weighted by atomic mass is 9.63. The molecule has 0 spiro atoms. The van der Waals surface area contributed by atoms with Crippen LogP contribution in [0.4, 0.5) is 4.39 Å². The number of fused-ring (bicyclic) bond motifs is 1. The van der Waals surface area contributed by atoms with Gasteiger partial charge in [-0.05, 0) is 98.3 Å². The minimum absolute atomic E-state index is 0.0128. The molecular weight excluding hydrogens is 343 g/mol. The molecule has 0 bridgehead atoms. The van der Waals surface area contributed by atoms with Crippen molar-refractivity contribution in [3.05, 3.63) is 72.1 Å². The van der Waals surface area contributed by atoms with Gasteiger partial charge in [-0.25, -0.2) is 4.39 Å². The van der Waals surface area contributed by atoms with E-state index in [1.165, 1.54) is 44.1 Å².